The van der Waals surface area contributed by atoms with E-state index in [1.807, 2.05) is 12.1 Å². The summed E-state index contributed by atoms with van der Waals surface area (Å²) in [5.41, 5.74) is 0.986. The highest BCUT2D eigenvalue weighted by Gasteiger charge is 2.21. The first-order valence-electron chi connectivity index (χ1n) is 5.65. The van der Waals surface area contributed by atoms with E-state index >= 15 is 0 Å². The van der Waals surface area contributed by atoms with E-state index in [-0.39, 0.29) is 17.1 Å². The Labute approximate surface area is 123 Å². The van der Waals surface area contributed by atoms with Crippen LogP contribution in [0.5, 0.6) is 5.75 Å². The van der Waals surface area contributed by atoms with Gasteiger partial charge in [0.2, 0.25) is 5.76 Å². The monoisotopic (exact) mass is 338 g/mol. The summed E-state index contributed by atoms with van der Waals surface area (Å²) in [5, 5.41) is 14.5. The number of ether oxygens (including phenoxy) is 1. The van der Waals surface area contributed by atoms with Crippen molar-refractivity contribution >= 4 is 33.8 Å². The zero-order valence-electron chi connectivity index (χ0n) is 10.8. The van der Waals surface area contributed by atoms with Crippen LogP contribution in [0.25, 0.3) is 12.2 Å². The summed E-state index contributed by atoms with van der Waals surface area (Å²) in [7, 11) is 1.58. The maximum absolute atomic E-state index is 10.9. The minimum atomic E-state index is -0.505. The molecule has 2 aromatic rings. The highest BCUT2D eigenvalue weighted by atomic mass is 79.9. The Morgan fingerprint density at radius 1 is 1.45 bits per heavy atom. The molecule has 2 rings (SSSR count). The molecule has 20 heavy (non-hydrogen) atoms. The van der Waals surface area contributed by atoms with Crippen LogP contribution >= 0.6 is 15.9 Å². The van der Waals surface area contributed by atoms with Crippen LogP contribution in [0.1, 0.15) is 17.0 Å². The van der Waals surface area contributed by atoms with Crippen molar-refractivity contribution in [3.63, 3.8) is 0 Å². The van der Waals surface area contributed by atoms with Gasteiger partial charge in [0.15, 0.2) is 5.69 Å². The number of nitro groups is 1. The van der Waals surface area contributed by atoms with E-state index in [4.69, 9.17) is 9.26 Å². The van der Waals surface area contributed by atoms with Crippen LogP contribution in [0.15, 0.2) is 27.2 Å². The second-order valence-electron chi connectivity index (χ2n) is 3.97. The maximum Gasteiger partial charge on any atom is 0.338 e. The van der Waals surface area contributed by atoms with Crippen LogP contribution in [0, 0.1) is 17.0 Å². The number of hydrogen-bond donors (Lipinski definition) is 0. The van der Waals surface area contributed by atoms with Gasteiger partial charge >= 0.3 is 5.69 Å². The molecule has 6 nitrogen and oxygen atoms in total. The van der Waals surface area contributed by atoms with Crippen LogP contribution in [-0.4, -0.2) is 17.2 Å². The van der Waals surface area contributed by atoms with Gasteiger partial charge in [0.1, 0.15) is 5.75 Å². The topological polar surface area (TPSA) is 78.4 Å². The van der Waals surface area contributed by atoms with Crippen LogP contribution in [0.4, 0.5) is 5.69 Å². The van der Waals surface area contributed by atoms with Gasteiger partial charge in [-0.15, -0.1) is 0 Å². The van der Waals surface area contributed by atoms with Crippen molar-refractivity contribution < 1.29 is 14.2 Å². The third-order valence-electron chi connectivity index (χ3n) is 2.64. The van der Waals surface area contributed by atoms with E-state index in [2.05, 4.69) is 21.1 Å². The average Bonchev–Trinajstić information content (AvgIpc) is 2.78. The largest absolute Gasteiger partial charge is 0.496 e. The first-order chi connectivity index (χ1) is 9.52. The van der Waals surface area contributed by atoms with Gasteiger partial charge in [-0.25, -0.2) is 0 Å². The standard InChI is InChI=1S/C13H11BrN2O4/c1-8-13(16(17)18)12(20-15-8)6-4-9-3-5-11(19-2)10(14)7-9/h3-7H,1-2H3/b6-4-. The van der Waals surface area contributed by atoms with Gasteiger partial charge in [-0.1, -0.05) is 17.3 Å². The second kappa shape index (κ2) is 5.87. The first kappa shape index (κ1) is 14.3. The summed E-state index contributed by atoms with van der Waals surface area (Å²) in [4.78, 5) is 10.4. The third-order valence-corrected chi connectivity index (χ3v) is 3.26. The van der Waals surface area contributed by atoms with E-state index in [9.17, 15) is 10.1 Å². The maximum atomic E-state index is 10.9. The Morgan fingerprint density at radius 2 is 2.20 bits per heavy atom. The number of halogens is 1. The van der Waals surface area contributed by atoms with E-state index in [1.165, 1.54) is 13.0 Å². The van der Waals surface area contributed by atoms with Gasteiger partial charge < -0.3 is 9.26 Å². The van der Waals surface area contributed by atoms with Crippen molar-refractivity contribution in [2.45, 2.75) is 6.92 Å². The van der Waals surface area contributed by atoms with Crippen LogP contribution in [-0.2, 0) is 0 Å². The number of benzene rings is 1. The van der Waals surface area contributed by atoms with Crippen molar-refractivity contribution in [2.75, 3.05) is 7.11 Å². The number of methoxy groups -OCH3 is 1. The predicted octanol–water partition coefficient (Wildman–Crippen LogP) is 3.83. The molecule has 0 aliphatic heterocycles. The molecule has 0 atom stereocenters. The van der Waals surface area contributed by atoms with E-state index < -0.39 is 4.92 Å². The van der Waals surface area contributed by atoms with Gasteiger partial charge in [0, 0.05) is 0 Å². The molecule has 1 aromatic carbocycles. The highest BCUT2D eigenvalue weighted by molar-refractivity contribution is 9.10. The fraction of sp³-hybridized carbons (Fsp3) is 0.154. The summed E-state index contributed by atoms with van der Waals surface area (Å²) >= 11 is 3.37. The fourth-order valence-corrected chi connectivity index (χ4v) is 2.23. The predicted molar refractivity (Wildman–Crippen MR) is 77.5 cm³/mol. The molecule has 0 amide bonds. The summed E-state index contributed by atoms with van der Waals surface area (Å²) in [6, 6.07) is 5.46. The Hall–Kier alpha value is -2.15. The van der Waals surface area contributed by atoms with E-state index in [0.29, 0.717) is 5.75 Å². The van der Waals surface area contributed by atoms with E-state index in [1.54, 1.807) is 19.3 Å². The molecular weight excluding hydrogens is 328 g/mol. The molecule has 1 aromatic heterocycles. The Kier molecular flexibility index (Phi) is 4.19. The van der Waals surface area contributed by atoms with Gasteiger partial charge in [0.25, 0.3) is 0 Å². The molecule has 0 radical (unpaired) electrons. The average molecular weight is 339 g/mol. The van der Waals surface area contributed by atoms with Crippen molar-refractivity contribution in [3.8, 4) is 5.75 Å². The lowest BCUT2D eigenvalue weighted by atomic mass is 10.2. The number of nitrogens with zero attached hydrogens (tertiary/aromatic N) is 2. The highest BCUT2D eigenvalue weighted by Crippen LogP contribution is 2.28. The first-order valence-corrected chi connectivity index (χ1v) is 6.44. The molecular formula is C13H11BrN2O4. The molecule has 0 unspecified atom stereocenters. The molecule has 0 saturated carbocycles. The quantitative estimate of drug-likeness (QED) is 0.625. The van der Waals surface area contributed by atoms with Crippen LogP contribution < -0.4 is 4.74 Å². The molecule has 1 heterocycles. The Balaban J connectivity index is 2.30. The lowest BCUT2D eigenvalue weighted by Crippen LogP contribution is -1.90. The minimum Gasteiger partial charge on any atom is -0.496 e. The lowest BCUT2D eigenvalue weighted by molar-refractivity contribution is -0.386. The van der Waals surface area contributed by atoms with Gasteiger partial charge in [0.05, 0.1) is 16.5 Å². The smallest absolute Gasteiger partial charge is 0.338 e. The molecule has 0 aliphatic rings. The molecule has 0 spiro atoms. The Morgan fingerprint density at radius 3 is 2.80 bits per heavy atom. The molecule has 0 bridgehead atoms. The summed E-state index contributed by atoms with van der Waals surface area (Å²) in [5.74, 6) is 0.836. The van der Waals surface area contributed by atoms with Gasteiger partial charge in [-0.05, 0) is 46.6 Å². The lowest BCUT2D eigenvalue weighted by Gasteiger charge is -2.02. The van der Waals surface area contributed by atoms with E-state index in [0.717, 1.165) is 10.0 Å². The molecule has 0 aliphatic carbocycles. The zero-order chi connectivity index (χ0) is 14.7. The number of aromatic nitrogens is 1. The molecule has 0 fully saturated rings. The second-order valence-corrected chi connectivity index (χ2v) is 4.82. The Bertz CT molecular complexity index is 679. The summed E-state index contributed by atoms with van der Waals surface area (Å²) in [6.45, 7) is 1.53. The van der Waals surface area contributed by atoms with Crippen molar-refractivity contribution in [1.82, 2.24) is 5.16 Å². The van der Waals surface area contributed by atoms with Gasteiger partial charge in [-0.2, -0.15) is 0 Å². The molecule has 0 saturated heterocycles. The third kappa shape index (κ3) is 2.88. The van der Waals surface area contributed by atoms with Gasteiger partial charge in [-0.3, -0.25) is 10.1 Å². The number of hydrogen-bond acceptors (Lipinski definition) is 5. The fourth-order valence-electron chi connectivity index (χ4n) is 1.67. The SMILES string of the molecule is COc1ccc(/C=C\c2onc(C)c2[N+](=O)[O-])cc1Br. The summed E-state index contributed by atoms with van der Waals surface area (Å²) < 4.78 is 10.9. The molecule has 7 heteroatoms. The minimum absolute atomic E-state index is 0.117. The normalized spacial score (nSPS) is 10.9. The van der Waals surface area contributed by atoms with Crippen molar-refractivity contribution in [1.29, 1.82) is 0 Å². The number of aryl methyl sites for hydroxylation is 1. The molecule has 104 valence electrons. The summed E-state index contributed by atoms with van der Waals surface area (Å²) in [6.07, 6.45) is 3.23. The van der Waals surface area contributed by atoms with Crippen LogP contribution in [0.2, 0.25) is 0 Å². The number of rotatable bonds is 4. The molecule has 0 N–H and O–H groups in total. The van der Waals surface area contributed by atoms with Crippen LogP contribution in [0.3, 0.4) is 0 Å². The van der Waals surface area contributed by atoms with Crippen molar-refractivity contribution in [3.05, 3.63) is 49.8 Å². The van der Waals surface area contributed by atoms with Crippen molar-refractivity contribution in [2.24, 2.45) is 0 Å². The zero-order valence-corrected chi connectivity index (χ0v) is 12.4.